The fourth-order valence-corrected chi connectivity index (χ4v) is 2.40. The van der Waals surface area contributed by atoms with E-state index < -0.39 is 0 Å². The largest absolute Gasteiger partial charge is 0.326 e. The van der Waals surface area contributed by atoms with Crippen LogP contribution in [0.5, 0.6) is 0 Å². The van der Waals surface area contributed by atoms with Gasteiger partial charge in [0.25, 0.3) is 0 Å². The van der Waals surface area contributed by atoms with Crippen molar-refractivity contribution in [2.75, 3.05) is 11.1 Å². The highest BCUT2D eigenvalue weighted by Gasteiger charge is 2.28. The molecule has 0 aliphatic heterocycles. The Kier molecular flexibility index (Phi) is 3.92. The third-order valence-electron chi connectivity index (χ3n) is 3.49. The monoisotopic (exact) mass is 303 g/mol. The number of hydrogen-bond donors (Lipinski definition) is 2. The molecule has 1 saturated carbocycles. The molecule has 3 rings (SSSR count). The molecule has 1 aromatic carbocycles. The van der Waals surface area contributed by atoms with Crippen LogP contribution in [0.4, 0.5) is 5.69 Å². The minimum absolute atomic E-state index is 0.0402. The van der Waals surface area contributed by atoms with E-state index in [0.717, 1.165) is 35.5 Å². The van der Waals surface area contributed by atoms with Gasteiger partial charge in [0.05, 0.1) is 6.04 Å². The van der Waals surface area contributed by atoms with Crippen molar-refractivity contribution in [2.24, 2.45) is 0 Å². The maximum absolute atomic E-state index is 11.7. The highest BCUT2D eigenvalue weighted by Crippen LogP contribution is 2.37. The first kappa shape index (κ1) is 14.1. The van der Waals surface area contributed by atoms with Gasteiger partial charge in [-0.2, -0.15) is 12.6 Å². The summed E-state index contributed by atoms with van der Waals surface area (Å²) in [7, 11) is 0. The summed E-state index contributed by atoms with van der Waals surface area (Å²) in [5, 5.41) is 14.9. The zero-order valence-corrected chi connectivity index (χ0v) is 12.7. The number of hydrogen-bond acceptors (Lipinski definition) is 5. The van der Waals surface area contributed by atoms with Gasteiger partial charge in [0.15, 0.2) is 5.82 Å². The van der Waals surface area contributed by atoms with Gasteiger partial charge >= 0.3 is 0 Å². The van der Waals surface area contributed by atoms with E-state index in [2.05, 4.69) is 33.5 Å². The summed E-state index contributed by atoms with van der Waals surface area (Å²) in [6.45, 7) is 2.01. The minimum Gasteiger partial charge on any atom is -0.326 e. The molecule has 1 N–H and O–H groups in total. The molecule has 1 aliphatic rings. The molecule has 1 aromatic heterocycles. The Morgan fingerprint density at radius 1 is 1.48 bits per heavy atom. The number of benzene rings is 1. The number of aromatic nitrogens is 4. The third kappa shape index (κ3) is 3.07. The normalized spacial score (nSPS) is 14.2. The van der Waals surface area contributed by atoms with E-state index >= 15 is 0 Å². The average molecular weight is 303 g/mol. The van der Waals surface area contributed by atoms with E-state index in [9.17, 15) is 4.79 Å². The maximum atomic E-state index is 11.7. The highest BCUT2D eigenvalue weighted by atomic mass is 32.1. The fourth-order valence-electron chi connectivity index (χ4n) is 2.20. The highest BCUT2D eigenvalue weighted by molar-refractivity contribution is 7.80. The summed E-state index contributed by atoms with van der Waals surface area (Å²) in [6, 6.07) is 6.20. The molecule has 1 heterocycles. The van der Waals surface area contributed by atoms with Crippen molar-refractivity contribution < 1.29 is 4.79 Å². The minimum atomic E-state index is -0.0402. The molecule has 0 radical (unpaired) electrons. The summed E-state index contributed by atoms with van der Waals surface area (Å²) in [5.74, 6) is 1.26. The second-order valence-corrected chi connectivity index (χ2v) is 5.68. The van der Waals surface area contributed by atoms with Crippen LogP contribution in [0.1, 0.15) is 30.9 Å². The molecule has 1 aliphatic carbocycles. The van der Waals surface area contributed by atoms with E-state index in [1.807, 2.05) is 29.8 Å². The zero-order valence-electron chi connectivity index (χ0n) is 11.8. The van der Waals surface area contributed by atoms with Gasteiger partial charge in [0.2, 0.25) is 5.91 Å². The molecule has 7 heteroatoms. The van der Waals surface area contributed by atoms with Gasteiger partial charge in [0.1, 0.15) is 0 Å². The lowest BCUT2D eigenvalue weighted by Crippen LogP contribution is -2.12. The smallest absolute Gasteiger partial charge is 0.225 e. The quantitative estimate of drug-likeness (QED) is 0.831. The first-order chi connectivity index (χ1) is 10.2. The van der Waals surface area contributed by atoms with E-state index in [-0.39, 0.29) is 5.91 Å². The van der Waals surface area contributed by atoms with Crippen molar-refractivity contribution in [1.29, 1.82) is 0 Å². The first-order valence-electron chi connectivity index (χ1n) is 6.98. The molecule has 0 unspecified atom stereocenters. The van der Waals surface area contributed by atoms with Crippen molar-refractivity contribution in [2.45, 2.75) is 32.2 Å². The van der Waals surface area contributed by atoms with Gasteiger partial charge < -0.3 is 5.32 Å². The molecule has 1 amide bonds. The van der Waals surface area contributed by atoms with Gasteiger partial charge in [-0.25, -0.2) is 4.68 Å². The van der Waals surface area contributed by atoms with Crippen molar-refractivity contribution in [3.63, 3.8) is 0 Å². The lowest BCUT2D eigenvalue weighted by atomic mass is 10.1. The van der Waals surface area contributed by atoms with Crippen LogP contribution in [-0.4, -0.2) is 31.9 Å². The first-order valence-corrected chi connectivity index (χ1v) is 7.62. The summed E-state index contributed by atoms with van der Waals surface area (Å²) >= 11 is 4.06. The van der Waals surface area contributed by atoms with Crippen LogP contribution in [0, 0.1) is 6.92 Å². The molecule has 1 fully saturated rings. The van der Waals surface area contributed by atoms with Crippen LogP contribution in [0.15, 0.2) is 18.2 Å². The van der Waals surface area contributed by atoms with Crippen LogP contribution in [-0.2, 0) is 4.79 Å². The van der Waals surface area contributed by atoms with E-state index in [1.54, 1.807) is 0 Å². The molecule has 2 aromatic rings. The Morgan fingerprint density at radius 2 is 2.29 bits per heavy atom. The molecule has 6 nitrogen and oxygen atoms in total. The topological polar surface area (TPSA) is 72.7 Å². The predicted octanol–water partition coefficient (Wildman–Crippen LogP) is 2.24. The van der Waals surface area contributed by atoms with Crippen molar-refractivity contribution in [1.82, 2.24) is 20.2 Å². The van der Waals surface area contributed by atoms with E-state index in [0.29, 0.717) is 18.2 Å². The summed E-state index contributed by atoms with van der Waals surface area (Å²) in [4.78, 5) is 11.7. The second kappa shape index (κ2) is 5.85. The predicted molar refractivity (Wildman–Crippen MR) is 83.4 cm³/mol. The number of amides is 1. The van der Waals surface area contributed by atoms with Crippen LogP contribution >= 0.6 is 12.6 Å². The summed E-state index contributed by atoms with van der Waals surface area (Å²) in [5.41, 5.74) is 2.79. The van der Waals surface area contributed by atoms with Crippen molar-refractivity contribution in [3.05, 3.63) is 23.8 Å². The Hall–Kier alpha value is -1.89. The molecule has 0 bridgehead atoms. The number of carbonyl (C=O) groups excluding carboxylic acids is 1. The molecule has 110 valence electrons. The van der Waals surface area contributed by atoms with Crippen LogP contribution in [0.2, 0.25) is 0 Å². The standard InChI is InChI=1S/C14H17N5OS/c1-9-2-3-10(15-13(20)6-7-21)8-12(9)14-16-17-18-19(14)11-4-5-11/h2-3,8,11,21H,4-7H2,1H3,(H,15,20). The zero-order chi connectivity index (χ0) is 14.8. The lowest BCUT2D eigenvalue weighted by Gasteiger charge is -2.10. The lowest BCUT2D eigenvalue weighted by molar-refractivity contribution is -0.115. The molecule has 0 spiro atoms. The van der Waals surface area contributed by atoms with Crippen LogP contribution in [0.3, 0.4) is 0 Å². The van der Waals surface area contributed by atoms with Crippen LogP contribution in [0.25, 0.3) is 11.4 Å². The number of carbonyl (C=O) groups is 1. The van der Waals surface area contributed by atoms with Crippen LogP contribution < -0.4 is 5.32 Å². The fraction of sp³-hybridized carbons (Fsp3) is 0.429. The van der Waals surface area contributed by atoms with Crippen molar-refractivity contribution in [3.8, 4) is 11.4 Å². The van der Waals surface area contributed by atoms with Crippen molar-refractivity contribution >= 4 is 24.2 Å². The average Bonchev–Trinajstić information content (AvgIpc) is 3.19. The number of rotatable bonds is 5. The Labute approximate surface area is 128 Å². The summed E-state index contributed by atoms with van der Waals surface area (Å²) in [6.07, 6.45) is 2.64. The Balaban J connectivity index is 1.90. The van der Waals surface area contributed by atoms with Gasteiger partial charge in [-0.15, -0.1) is 5.10 Å². The number of thiol groups is 1. The van der Waals surface area contributed by atoms with Gasteiger partial charge in [0, 0.05) is 17.7 Å². The molecular formula is C14H17N5OS. The number of tetrazole rings is 1. The molecular weight excluding hydrogens is 286 g/mol. The second-order valence-electron chi connectivity index (χ2n) is 5.23. The number of aryl methyl sites for hydroxylation is 1. The molecule has 21 heavy (non-hydrogen) atoms. The number of anilines is 1. The summed E-state index contributed by atoms with van der Waals surface area (Å²) < 4.78 is 1.88. The Bertz CT molecular complexity index is 665. The number of nitrogens with zero attached hydrogens (tertiary/aromatic N) is 4. The van der Waals surface area contributed by atoms with Gasteiger partial charge in [-0.05, 0) is 53.6 Å². The van der Waals surface area contributed by atoms with E-state index in [4.69, 9.17) is 0 Å². The third-order valence-corrected chi connectivity index (χ3v) is 3.71. The Morgan fingerprint density at radius 3 is 3.00 bits per heavy atom. The molecule has 0 saturated heterocycles. The van der Waals surface area contributed by atoms with Gasteiger partial charge in [-0.3, -0.25) is 4.79 Å². The molecule has 0 atom stereocenters. The number of nitrogens with one attached hydrogen (secondary N) is 1. The van der Waals surface area contributed by atoms with Gasteiger partial charge in [-0.1, -0.05) is 6.07 Å². The maximum Gasteiger partial charge on any atom is 0.225 e. The SMILES string of the molecule is Cc1ccc(NC(=O)CCS)cc1-c1nnnn1C1CC1. The van der Waals surface area contributed by atoms with E-state index in [1.165, 1.54) is 0 Å².